The summed E-state index contributed by atoms with van der Waals surface area (Å²) in [6.07, 6.45) is 0. The summed E-state index contributed by atoms with van der Waals surface area (Å²) in [6, 6.07) is 3.50. The molecule has 0 heterocycles. The van der Waals surface area contributed by atoms with E-state index >= 15 is 0 Å². The van der Waals surface area contributed by atoms with E-state index in [2.05, 4.69) is 6.55 Å². The highest BCUT2D eigenvalue weighted by atomic mass is 28.3. The van der Waals surface area contributed by atoms with E-state index in [1.165, 1.54) is 18.1 Å². The molecule has 0 rings (SSSR count). The maximum Gasteiger partial charge on any atom is 0.0542 e. The third-order valence-electron chi connectivity index (χ3n) is 2.24. The van der Waals surface area contributed by atoms with Crippen LogP contribution < -0.4 is 17.2 Å². The Morgan fingerprint density at radius 1 is 0.818 bits per heavy atom. The fourth-order valence-corrected chi connectivity index (χ4v) is 4.26. The lowest BCUT2D eigenvalue weighted by atomic mass is 10.8. The van der Waals surface area contributed by atoms with Gasteiger partial charge in [0.15, 0.2) is 0 Å². The predicted molar refractivity (Wildman–Crippen MR) is 53.2 cm³/mol. The van der Waals surface area contributed by atoms with Gasteiger partial charge in [-0.2, -0.15) is 0 Å². The second-order valence-electron chi connectivity index (χ2n) is 3.43. The molecule has 68 valence electrons. The lowest BCUT2D eigenvalue weighted by Gasteiger charge is -2.25. The molecule has 0 bridgehead atoms. The van der Waals surface area contributed by atoms with E-state index < -0.39 is 8.07 Å². The van der Waals surface area contributed by atoms with E-state index in [4.69, 9.17) is 17.2 Å². The van der Waals surface area contributed by atoms with Crippen LogP contribution in [0.15, 0.2) is 0 Å². The van der Waals surface area contributed by atoms with E-state index in [1.54, 1.807) is 0 Å². The number of nitrogens with two attached hydrogens (primary N) is 3. The third-order valence-corrected chi connectivity index (χ3v) is 6.73. The first-order valence-corrected chi connectivity index (χ1v) is 7.41. The highest BCUT2D eigenvalue weighted by Gasteiger charge is 2.23. The van der Waals surface area contributed by atoms with Crippen LogP contribution in [-0.4, -0.2) is 27.7 Å². The molecule has 0 aromatic heterocycles. The fraction of sp³-hybridized carbons (Fsp3) is 1.00. The molecule has 4 heteroatoms. The second-order valence-corrected chi connectivity index (χ2v) is 8.55. The van der Waals surface area contributed by atoms with Crippen molar-refractivity contribution in [1.29, 1.82) is 0 Å². The molecule has 0 amide bonds. The van der Waals surface area contributed by atoms with E-state index in [0.717, 1.165) is 19.6 Å². The molecule has 0 aliphatic rings. The van der Waals surface area contributed by atoms with E-state index in [0.29, 0.717) is 0 Å². The molecule has 0 saturated heterocycles. The van der Waals surface area contributed by atoms with E-state index in [9.17, 15) is 0 Å². The van der Waals surface area contributed by atoms with Gasteiger partial charge in [0.2, 0.25) is 0 Å². The van der Waals surface area contributed by atoms with Crippen molar-refractivity contribution in [3.63, 3.8) is 0 Å². The molecular weight excluding hydrogens is 154 g/mol. The van der Waals surface area contributed by atoms with Crippen molar-refractivity contribution < 1.29 is 0 Å². The SMILES string of the molecule is C[Si](CCN)(CCN)CCN. The van der Waals surface area contributed by atoms with Crippen LogP contribution in [-0.2, 0) is 0 Å². The summed E-state index contributed by atoms with van der Waals surface area (Å²) < 4.78 is 0. The van der Waals surface area contributed by atoms with Crippen LogP contribution in [0.3, 0.4) is 0 Å². The maximum absolute atomic E-state index is 5.53. The minimum Gasteiger partial charge on any atom is -0.331 e. The van der Waals surface area contributed by atoms with Gasteiger partial charge in [-0.1, -0.05) is 6.55 Å². The molecule has 0 aromatic carbocycles. The second kappa shape index (κ2) is 5.71. The summed E-state index contributed by atoms with van der Waals surface area (Å²) in [6.45, 7) is 4.73. The van der Waals surface area contributed by atoms with Gasteiger partial charge in [0.25, 0.3) is 0 Å². The molecule has 0 fully saturated rings. The molecule has 0 aliphatic carbocycles. The average Bonchev–Trinajstić information content (AvgIpc) is 1.88. The highest BCUT2D eigenvalue weighted by molar-refractivity contribution is 6.78. The Hall–Kier alpha value is 0.0969. The minimum absolute atomic E-state index is 0.794. The van der Waals surface area contributed by atoms with Crippen LogP contribution in [0.25, 0.3) is 0 Å². The molecule has 0 aliphatic heterocycles. The van der Waals surface area contributed by atoms with Crippen LogP contribution in [0.5, 0.6) is 0 Å². The molecule has 0 spiro atoms. The van der Waals surface area contributed by atoms with Crippen molar-refractivity contribution in [2.24, 2.45) is 17.2 Å². The van der Waals surface area contributed by atoms with Crippen LogP contribution in [0, 0.1) is 0 Å². The van der Waals surface area contributed by atoms with E-state index in [-0.39, 0.29) is 0 Å². The highest BCUT2D eigenvalue weighted by Crippen LogP contribution is 2.18. The van der Waals surface area contributed by atoms with Crippen LogP contribution in [0.1, 0.15) is 0 Å². The standard InChI is InChI=1S/C7H21N3Si/c1-11(5-2-8,6-3-9)7-4-10/h2-10H2,1H3. The Kier molecular flexibility index (Phi) is 5.76. The van der Waals surface area contributed by atoms with Gasteiger partial charge in [0, 0.05) is 0 Å². The molecule has 0 aromatic rings. The van der Waals surface area contributed by atoms with Crippen molar-refractivity contribution >= 4 is 8.07 Å². The van der Waals surface area contributed by atoms with Gasteiger partial charge in [0.1, 0.15) is 0 Å². The quantitative estimate of drug-likeness (QED) is 0.495. The Morgan fingerprint density at radius 3 is 1.27 bits per heavy atom. The zero-order chi connectivity index (χ0) is 8.74. The van der Waals surface area contributed by atoms with Gasteiger partial charge in [0.05, 0.1) is 8.07 Å². The third kappa shape index (κ3) is 4.52. The van der Waals surface area contributed by atoms with Crippen LogP contribution in [0.2, 0.25) is 24.7 Å². The number of hydrogen-bond acceptors (Lipinski definition) is 3. The summed E-state index contributed by atoms with van der Waals surface area (Å²) >= 11 is 0. The smallest absolute Gasteiger partial charge is 0.0542 e. The normalized spacial score (nSPS) is 12.0. The molecular formula is C7H21N3Si. The summed E-state index contributed by atoms with van der Waals surface area (Å²) in [5.41, 5.74) is 16.6. The van der Waals surface area contributed by atoms with Crippen molar-refractivity contribution in [2.45, 2.75) is 24.7 Å². The van der Waals surface area contributed by atoms with Gasteiger partial charge in [-0.15, -0.1) is 0 Å². The lowest BCUT2D eigenvalue weighted by Crippen LogP contribution is -2.36. The van der Waals surface area contributed by atoms with Crippen LogP contribution in [0.4, 0.5) is 0 Å². The van der Waals surface area contributed by atoms with Crippen molar-refractivity contribution in [3.05, 3.63) is 0 Å². The zero-order valence-corrected chi connectivity index (χ0v) is 8.47. The van der Waals surface area contributed by atoms with Crippen molar-refractivity contribution in [1.82, 2.24) is 0 Å². The summed E-state index contributed by atoms with van der Waals surface area (Å²) in [5, 5.41) is 0. The van der Waals surface area contributed by atoms with Crippen LogP contribution >= 0.6 is 0 Å². The topological polar surface area (TPSA) is 78.1 Å². The number of hydrogen-bond donors (Lipinski definition) is 3. The Labute approximate surface area is 70.3 Å². The Bertz CT molecular complexity index is 80.7. The van der Waals surface area contributed by atoms with Gasteiger partial charge in [-0.25, -0.2) is 0 Å². The van der Waals surface area contributed by atoms with Gasteiger partial charge in [-0.05, 0) is 37.8 Å². The maximum atomic E-state index is 5.53. The summed E-state index contributed by atoms with van der Waals surface area (Å²) in [7, 11) is -1.12. The molecule has 6 N–H and O–H groups in total. The average molecular weight is 175 g/mol. The van der Waals surface area contributed by atoms with Crippen molar-refractivity contribution in [3.8, 4) is 0 Å². The predicted octanol–water partition coefficient (Wildman–Crippen LogP) is -0.0589. The summed E-state index contributed by atoms with van der Waals surface area (Å²) in [4.78, 5) is 0. The number of rotatable bonds is 6. The molecule has 3 nitrogen and oxygen atoms in total. The Balaban J connectivity index is 3.79. The first-order chi connectivity index (χ1) is 5.18. The summed E-state index contributed by atoms with van der Waals surface area (Å²) in [5.74, 6) is 0. The fourth-order valence-electron chi connectivity index (χ4n) is 1.42. The monoisotopic (exact) mass is 175 g/mol. The molecule has 0 radical (unpaired) electrons. The molecule has 0 saturated carbocycles. The largest absolute Gasteiger partial charge is 0.331 e. The van der Waals surface area contributed by atoms with Crippen molar-refractivity contribution in [2.75, 3.05) is 19.6 Å². The lowest BCUT2D eigenvalue weighted by molar-refractivity contribution is 0.978. The van der Waals surface area contributed by atoms with Gasteiger partial charge in [-0.3, -0.25) is 0 Å². The molecule has 0 atom stereocenters. The van der Waals surface area contributed by atoms with Gasteiger partial charge >= 0.3 is 0 Å². The first-order valence-electron chi connectivity index (χ1n) is 4.29. The molecule has 11 heavy (non-hydrogen) atoms. The zero-order valence-electron chi connectivity index (χ0n) is 7.47. The van der Waals surface area contributed by atoms with Gasteiger partial charge < -0.3 is 17.2 Å². The molecule has 0 unspecified atom stereocenters. The Morgan fingerprint density at radius 2 is 1.09 bits per heavy atom. The minimum atomic E-state index is -1.12. The first kappa shape index (κ1) is 11.1. The van der Waals surface area contributed by atoms with E-state index in [1.807, 2.05) is 0 Å².